The van der Waals surface area contributed by atoms with Gasteiger partial charge in [-0.25, -0.2) is 4.79 Å². The molecule has 1 heterocycles. The Morgan fingerprint density at radius 1 is 1.28 bits per heavy atom. The van der Waals surface area contributed by atoms with Crippen molar-refractivity contribution in [2.24, 2.45) is 5.73 Å². The summed E-state index contributed by atoms with van der Waals surface area (Å²) < 4.78 is 0. The number of rotatable bonds is 8. The van der Waals surface area contributed by atoms with Gasteiger partial charge in [0.2, 0.25) is 0 Å². The number of thioether (sulfide) groups is 1. The summed E-state index contributed by atoms with van der Waals surface area (Å²) in [7, 11) is 0. The Morgan fingerprint density at radius 3 is 2.56 bits per heavy atom. The fourth-order valence-electron chi connectivity index (χ4n) is 2.34. The molecule has 2 amide bonds. The van der Waals surface area contributed by atoms with Crippen LogP contribution < -0.4 is 11.1 Å². The Morgan fingerprint density at radius 2 is 1.94 bits per heavy atom. The lowest BCUT2D eigenvalue weighted by atomic mass is 10.1. The maximum atomic E-state index is 11.0. The highest BCUT2D eigenvalue weighted by Gasteiger charge is 2.20. The van der Waals surface area contributed by atoms with Crippen LogP contribution in [0.1, 0.15) is 38.5 Å². The number of carbonyl (C=O) groups is 1. The minimum absolute atomic E-state index is 0.276. The number of unbranched alkanes of at least 4 members (excludes halogenated alkanes) is 3. The van der Waals surface area contributed by atoms with Crippen LogP contribution in [0, 0.1) is 0 Å². The maximum absolute atomic E-state index is 11.0. The number of nitrogens with zero attached hydrogens (tertiary/aromatic N) is 1. The second-order valence-electron chi connectivity index (χ2n) is 4.96. The molecule has 18 heavy (non-hydrogen) atoms. The number of hydrogen-bond donors (Lipinski definition) is 2. The number of carbonyl (C=O) groups excluding carboxylic acids is 1. The lowest BCUT2D eigenvalue weighted by Crippen LogP contribution is -2.46. The Bertz CT molecular complexity index is 230. The highest BCUT2D eigenvalue weighted by Crippen LogP contribution is 2.10. The van der Waals surface area contributed by atoms with Gasteiger partial charge >= 0.3 is 6.03 Å². The highest BCUT2D eigenvalue weighted by atomic mass is 32.2. The van der Waals surface area contributed by atoms with E-state index in [1.54, 1.807) is 4.90 Å². The molecule has 106 valence electrons. The van der Waals surface area contributed by atoms with Gasteiger partial charge in [-0.1, -0.05) is 12.8 Å². The molecule has 0 spiro atoms. The van der Waals surface area contributed by atoms with Gasteiger partial charge in [-0.3, -0.25) is 0 Å². The van der Waals surface area contributed by atoms with E-state index in [9.17, 15) is 4.79 Å². The molecular formula is C13H27N3OS. The van der Waals surface area contributed by atoms with Gasteiger partial charge in [0.05, 0.1) is 0 Å². The van der Waals surface area contributed by atoms with Gasteiger partial charge in [0, 0.05) is 19.1 Å². The fraction of sp³-hybridized carbons (Fsp3) is 0.923. The predicted octanol–water partition coefficient (Wildman–Crippen LogP) is 2.04. The van der Waals surface area contributed by atoms with E-state index in [1.807, 2.05) is 11.8 Å². The topological polar surface area (TPSA) is 58.4 Å². The minimum atomic E-state index is -0.276. The molecule has 0 aromatic carbocycles. The van der Waals surface area contributed by atoms with Crippen molar-refractivity contribution < 1.29 is 4.79 Å². The van der Waals surface area contributed by atoms with E-state index in [0.717, 1.165) is 32.5 Å². The number of hydrogen-bond acceptors (Lipinski definition) is 3. The molecule has 0 aliphatic carbocycles. The van der Waals surface area contributed by atoms with Crippen LogP contribution in [-0.4, -0.2) is 48.6 Å². The predicted molar refractivity (Wildman–Crippen MR) is 79.0 cm³/mol. The molecule has 1 saturated heterocycles. The zero-order valence-corrected chi connectivity index (χ0v) is 12.3. The van der Waals surface area contributed by atoms with Crippen molar-refractivity contribution in [3.05, 3.63) is 0 Å². The summed E-state index contributed by atoms with van der Waals surface area (Å²) >= 11 is 1.93. The molecule has 0 aromatic rings. The Balaban J connectivity index is 1.93. The largest absolute Gasteiger partial charge is 0.351 e. The quantitative estimate of drug-likeness (QED) is 0.665. The van der Waals surface area contributed by atoms with Crippen LogP contribution in [0.4, 0.5) is 4.79 Å². The lowest BCUT2D eigenvalue weighted by Gasteiger charge is -2.31. The van der Waals surface area contributed by atoms with Crippen LogP contribution in [0.15, 0.2) is 0 Å². The smallest absolute Gasteiger partial charge is 0.314 e. The molecule has 3 N–H and O–H groups in total. The summed E-state index contributed by atoms with van der Waals surface area (Å²) in [5.74, 6) is 1.29. The normalized spacial score (nSPS) is 17.1. The van der Waals surface area contributed by atoms with Crippen molar-refractivity contribution in [1.29, 1.82) is 0 Å². The van der Waals surface area contributed by atoms with E-state index in [-0.39, 0.29) is 6.03 Å². The Labute approximate surface area is 115 Å². The highest BCUT2D eigenvalue weighted by molar-refractivity contribution is 7.98. The van der Waals surface area contributed by atoms with Gasteiger partial charge in [-0.2, -0.15) is 11.8 Å². The van der Waals surface area contributed by atoms with E-state index in [4.69, 9.17) is 5.73 Å². The third kappa shape index (κ3) is 6.50. The second kappa shape index (κ2) is 9.50. The summed E-state index contributed by atoms with van der Waals surface area (Å²) in [6.07, 6.45) is 9.53. The molecule has 0 atom stereocenters. The van der Waals surface area contributed by atoms with Gasteiger partial charge in [-0.05, 0) is 44.2 Å². The lowest BCUT2D eigenvalue weighted by molar-refractivity contribution is 0.185. The standard InChI is InChI=1S/C13H27N3OS/c1-18-11-5-3-2-4-8-15-12-6-9-16(10-7-12)13(14)17/h12,15H,2-11H2,1H3,(H2,14,17). The van der Waals surface area contributed by atoms with Gasteiger partial charge in [-0.15, -0.1) is 0 Å². The first-order valence-electron chi connectivity index (χ1n) is 7.00. The Kier molecular flexibility index (Phi) is 8.25. The molecule has 0 radical (unpaired) electrons. The number of urea groups is 1. The van der Waals surface area contributed by atoms with Crippen LogP contribution in [0.25, 0.3) is 0 Å². The molecule has 1 fully saturated rings. The monoisotopic (exact) mass is 273 g/mol. The van der Waals surface area contributed by atoms with Crippen molar-refractivity contribution in [3.8, 4) is 0 Å². The van der Waals surface area contributed by atoms with Crippen LogP contribution in [-0.2, 0) is 0 Å². The SMILES string of the molecule is CSCCCCCCNC1CCN(C(N)=O)CC1. The molecule has 0 bridgehead atoms. The van der Waals surface area contributed by atoms with Crippen LogP contribution in [0.3, 0.4) is 0 Å². The first-order valence-corrected chi connectivity index (χ1v) is 8.40. The molecule has 0 unspecified atom stereocenters. The summed E-state index contributed by atoms with van der Waals surface area (Å²) in [5, 5.41) is 3.59. The van der Waals surface area contributed by atoms with Crippen molar-refractivity contribution in [1.82, 2.24) is 10.2 Å². The molecule has 4 nitrogen and oxygen atoms in total. The van der Waals surface area contributed by atoms with E-state index in [1.165, 1.54) is 31.4 Å². The van der Waals surface area contributed by atoms with Crippen molar-refractivity contribution in [2.45, 2.75) is 44.6 Å². The number of amides is 2. The van der Waals surface area contributed by atoms with E-state index in [0.29, 0.717) is 6.04 Å². The summed E-state index contributed by atoms with van der Waals surface area (Å²) in [6, 6.07) is 0.300. The number of piperidine rings is 1. The number of likely N-dealkylation sites (tertiary alicyclic amines) is 1. The average Bonchev–Trinajstić information content (AvgIpc) is 2.38. The molecule has 0 aromatic heterocycles. The van der Waals surface area contributed by atoms with Crippen LogP contribution in [0.5, 0.6) is 0 Å². The van der Waals surface area contributed by atoms with Gasteiger partial charge in [0.25, 0.3) is 0 Å². The van der Waals surface area contributed by atoms with E-state index >= 15 is 0 Å². The molecule has 0 saturated carbocycles. The van der Waals surface area contributed by atoms with Crippen LogP contribution >= 0.6 is 11.8 Å². The van der Waals surface area contributed by atoms with Gasteiger partial charge in [0.1, 0.15) is 0 Å². The zero-order chi connectivity index (χ0) is 13.2. The van der Waals surface area contributed by atoms with E-state index in [2.05, 4.69) is 11.6 Å². The Hall–Kier alpha value is -0.420. The molecule has 5 heteroatoms. The summed E-state index contributed by atoms with van der Waals surface area (Å²) in [5.41, 5.74) is 5.26. The first-order chi connectivity index (χ1) is 8.74. The average molecular weight is 273 g/mol. The van der Waals surface area contributed by atoms with Gasteiger partial charge in [0.15, 0.2) is 0 Å². The number of nitrogens with two attached hydrogens (primary N) is 1. The van der Waals surface area contributed by atoms with Crippen molar-refractivity contribution >= 4 is 17.8 Å². The minimum Gasteiger partial charge on any atom is -0.351 e. The van der Waals surface area contributed by atoms with Gasteiger partial charge < -0.3 is 16.0 Å². The molecule has 1 rings (SSSR count). The molecule has 1 aliphatic rings. The molecular weight excluding hydrogens is 246 g/mol. The third-order valence-electron chi connectivity index (χ3n) is 3.51. The van der Waals surface area contributed by atoms with E-state index < -0.39 is 0 Å². The maximum Gasteiger partial charge on any atom is 0.314 e. The van der Waals surface area contributed by atoms with Crippen molar-refractivity contribution in [3.63, 3.8) is 0 Å². The van der Waals surface area contributed by atoms with Crippen molar-refractivity contribution in [2.75, 3.05) is 31.6 Å². The number of nitrogens with one attached hydrogen (secondary N) is 1. The number of primary amides is 1. The summed E-state index contributed by atoms with van der Waals surface area (Å²) in [6.45, 7) is 2.72. The fourth-order valence-corrected chi connectivity index (χ4v) is 2.83. The zero-order valence-electron chi connectivity index (χ0n) is 11.5. The summed E-state index contributed by atoms with van der Waals surface area (Å²) in [4.78, 5) is 12.7. The first kappa shape index (κ1) is 15.6. The second-order valence-corrected chi connectivity index (χ2v) is 5.95. The van der Waals surface area contributed by atoms with Crippen LogP contribution in [0.2, 0.25) is 0 Å². The molecule has 1 aliphatic heterocycles. The third-order valence-corrected chi connectivity index (χ3v) is 4.21.